The van der Waals surface area contributed by atoms with Crippen LogP contribution < -0.4 is 10.6 Å². The molecule has 0 spiro atoms. The maximum atomic E-state index is 11.9. The molecule has 0 saturated carbocycles. The molecule has 0 heterocycles. The Morgan fingerprint density at radius 1 is 1.14 bits per heavy atom. The molecule has 1 aromatic carbocycles. The second-order valence-corrected chi connectivity index (χ2v) is 7.37. The molecular weight excluding hydrogens is 306 g/mol. The Morgan fingerprint density at radius 3 is 2.14 bits per heavy atom. The summed E-state index contributed by atoms with van der Waals surface area (Å²) in [7, 11) is -0.653. The van der Waals surface area contributed by atoms with Crippen molar-refractivity contribution in [1.82, 2.24) is 14.9 Å². The Bertz CT molecular complexity index is 637. The smallest absolute Gasteiger partial charge is 0.251 e. The number of nitrogens with one attached hydrogen (secondary N) is 2. The Morgan fingerprint density at radius 2 is 1.68 bits per heavy atom. The van der Waals surface area contributed by atoms with Gasteiger partial charge in [-0.25, -0.2) is 12.7 Å². The molecule has 2 N–H and O–H groups in total. The third-order valence-electron chi connectivity index (χ3n) is 2.75. The molecule has 0 unspecified atom stereocenters. The van der Waals surface area contributed by atoms with Crippen molar-refractivity contribution >= 4 is 21.8 Å². The number of nitrogens with zero attached hydrogens (tertiary/aromatic N) is 1. The fourth-order valence-corrected chi connectivity index (χ4v) is 2.53. The third-order valence-corrected chi connectivity index (χ3v) is 4.58. The van der Waals surface area contributed by atoms with E-state index >= 15 is 0 Å². The lowest BCUT2D eigenvalue weighted by molar-refractivity contribution is -0.120. The molecule has 8 heteroatoms. The molecule has 0 saturated heterocycles. The van der Waals surface area contributed by atoms with Crippen LogP contribution >= 0.6 is 0 Å². The van der Waals surface area contributed by atoms with E-state index in [9.17, 15) is 18.0 Å². The highest BCUT2D eigenvalue weighted by Crippen LogP contribution is 2.13. The topological polar surface area (TPSA) is 95.6 Å². The first-order valence-electron chi connectivity index (χ1n) is 6.74. The standard InChI is InChI=1S/C14H21N3O4S/c1-10(2)16-13(18)9-15-14(19)11-5-7-12(8-6-11)22(20,21)17(3)4/h5-8,10H,9H2,1-4H3,(H,15,19)(H,16,18). The van der Waals surface area contributed by atoms with Gasteiger partial charge in [0.25, 0.3) is 5.91 Å². The van der Waals surface area contributed by atoms with E-state index in [-0.39, 0.29) is 29.0 Å². The lowest BCUT2D eigenvalue weighted by Gasteiger charge is -2.12. The maximum absolute atomic E-state index is 11.9. The van der Waals surface area contributed by atoms with Crippen LogP contribution in [0, 0.1) is 0 Å². The molecule has 0 atom stereocenters. The van der Waals surface area contributed by atoms with E-state index in [0.29, 0.717) is 0 Å². The van der Waals surface area contributed by atoms with E-state index in [1.807, 2.05) is 13.8 Å². The Balaban J connectivity index is 2.71. The fraction of sp³-hybridized carbons (Fsp3) is 0.429. The van der Waals surface area contributed by atoms with Crippen molar-refractivity contribution in [3.05, 3.63) is 29.8 Å². The summed E-state index contributed by atoms with van der Waals surface area (Å²) in [5.41, 5.74) is 0.287. The highest BCUT2D eigenvalue weighted by Gasteiger charge is 2.17. The number of carbonyl (C=O) groups is 2. The van der Waals surface area contributed by atoms with E-state index in [4.69, 9.17) is 0 Å². The second-order valence-electron chi connectivity index (χ2n) is 5.22. The van der Waals surface area contributed by atoms with Gasteiger partial charge in [-0.3, -0.25) is 9.59 Å². The van der Waals surface area contributed by atoms with Gasteiger partial charge >= 0.3 is 0 Å². The molecule has 0 radical (unpaired) electrons. The molecule has 122 valence electrons. The average molecular weight is 327 g/mol. The van der Waals surface area contributed by atoms with E-state index in [1.54, 1.807) is 0 Å². The lowest BCUT2D eigenvalue weighted by atomic mass is 10.2. The molecule has 0 aliphatic heterocycles. The predicted molar refractivity (Wildman–Crippen MR) is 82.9 cm³/mol. The van der Waals surface area contributed by atoms with Gasteiger partial charge in [-0.1, -0.05) is 0 Å². The number of hydrogen-bond acceptors (Lipinski definition) is 4. The summed E-state index contributed by atoms with van der Waals surface area (Å²) in [6, 6.07) is 5.54. The minimum atomic E-state index is -3.52. The van der Waals surface area contributed by atoms with E-state index in [0.717, 1.165) is 4.31 Å². The molecule has 0 fully saturated rings. The van der Waals surface area contributed by atoms with Gasteiger partial charge in [0.2, 0.25) is 15.9 Å². The van der Waals surface area contributed by atoms with E-state index < -0.39 is 15.9 Å². The van der Waals surface area contributed by atoms with Crippen LogP contribution in [-0.4, -0.2) is 51.2 Å². The first kappa shape index (κ1) is 18.1. The van der Waals surface area contributed by atoms with Gasteiger partial charge in [-0.2, -0.15) is 0 Å². The van der Waals surface area contributed by atoms with Crippen molar-refractivity contribution in [3.63, 3.8) is 0 Å². The molecule has 0 aliphatic rings. The van der Waals surface area contributed by atoms with Crippen molar-refractivity contribution in [2.45, 2.75) is 24.8 Å². The van der Waals surface area contributed by atoms with Crippen molar-refractivity contribution in [2.75, 3.05) is 20.6 Å². The Hall–Kier alpha value is -1.93. The number of rotatable bonds is 6. The van der Waals surface area contributed by atoms with Crippen LogP contribution in [0.15, 0.2) is 29.2 Å². The summed E-state index contributed by atoms with van der Waals surface area (Å²) >= 11 is 0. The Kier molecular flexibility index (Phi) is 6.07. The van der Waals surface area contributed by atoms with Crippen LogP contribution in [0.2, 0.25) is 0 Å². The molecule has 1 rings (SSSR count). The van der Waals surface area contributed by atoms with E-state index in [2.05, 4.69) is 10.6 Å². The minimum absolute atomic E-state index is 0.0000689. The average Bonchev–Trinajstić information content (AvgIpc) is 2.44. The van der Waals surface area contributed by atoms with Gasteiger partial charge in [-0.05, 0) is 38.1 Å². The van der Waals surface area contributed by atoms with Crippen molar-refractivity contribution in [3.8, 4) is 0 Å². The molecule has 0 aliphatic carbocycles. The summed E-state index contributed by atoms with van der Waals surface area (Å²) in [5, 5.41) is 5.13. The van der Waals surface area contributed by atoms with Crippen molar-refractivity contribution < 1.29 is 18.0 Å². The monoisotopic (exact) mass is 327 g/mol. The van der Waals surface area contributed by atoms with Crippen LogP contribution in [0.4, 0.5) is 0 Å². The van der Waals surface area contributed by atoms with Gasteiger partial charge in [0.1, 0.15) is 0 Å². The summed E-state index contributed by atoms with van der Waals surface area (Å²) in [6.07, 6.45) is 0. The second kappa shape index (κ2) is 7.37. The predicted octanol–water partition coefficient (Wildman–Crippen LogP) is 0.191. The number of benzene rings is 1. The fourth-order valence-electron chi connectivity index (χ4n) is 1.62. The molecule has 1 aromatic rings. The SMILES string of the molecule is CC(C)NC(=O)CNC(=O)c1ccc(S(=O)(=O)N(C)C)cc1. The maximum Gasteiger partial charge on any atom is 0.251 e. The highest BCUT2D eigenvalue weighted by molar-refractivity contribution is 7.89. The summed E-state index contributed by atoms with van der Waals surface area (Å²) in [5.74, 6) is -0.720. The van der Waals surface area contributed by atoms with Gasteiger partial charge in [0.15, 0.2) is 0 Å². The van der Waals surface area contributed by atoms with Crippen LogP contribution in [0.25, 0.3) is 0 Å². The largest absolute Gasteiger partial charge is 0.352 e. The first-order valence-corrected chi connectivity index (χ1v) is 8.18. The van der Waals surface area contributed by atoms with Crippen LogP contribution in [0.5, 0.6) is 0 Å². The summed E-state index contributed by atoms with van der Waals surface area (Å²) in [6.45, 7) is 3.52. The Labute approximate surface area is 130 Å². The number of carbonyl (C=O) groups excluding carboxylic acids is 2. The summed E-state index contributed by atoms with van der Waals surface area (Å²) < 4.78 is 24.9. The summed E-state index contributed by atoms with van der Waals surface area (Å²) in [4.78, 5) is 23.4. The van der Waals surface area contributed by atoms with E-state index in [1.165, 1.54) is 38.4 Å². The molecule has 7 nitrogen and oxygen atoms in total. The molecule has 2 amide bonds. The number of sulfonamides is 1. The van der Waals surface area contributed by atoms with Crippen LogP contribution in [-0.2, 0) is 14.8 Å². The number of amides is 2. The molecular formula is C14H21N3O4S. The normalized spacial score (nSPS) is 11.5. The zero-order valence-corrected chi connectivity index (χ0v) is 13.9. The van der Waals surface area contributed by atoms with Crippen LogP contribution in [0.1, 0.15) is 24.2 Å². The zero-order valence-electron chi connectivity index (χ0n) is 13.1. The van der Waals surface area contributed by atoms with Crippen LogP contribution in [0.3, 0.4) is 0 Å². The van der Waals surface area contributed by atoms with Crippen molar-refractivity contribution in [2.24, 2.45) is 0 Å². The number of hydrogen-bond donors (Lipinski definition) is 2. The minimum Gasteiger partial charge on any atom is -0.352 e. The van der Waals surface area contributed by atoms with Gasteiger partial charge < -0.3 is 10.6 Å². The molecule has 0 bridgehead atoms. The van der Waals surface area contributed by atoms with Gasteiger partial charge in [0.05, 0.1) is 11.4 Å². The van der Waals surface area contributed by atoms with Gasteiger partial charge in [-0.15, -0.1) is 0 Å². The lowest BCUT2D eigenvalue weighted by Crippen LogP contribution is -2.39. The zero-order chi connectivity index (χ0) is 16.9. The molecule has 22 heavy (non-hydrogen) atoms. The molecule has 0 aromatic heterocycles. The quantitative estimate of drug-likeness (QED) is 0.780. The first-order chi connectivity index (χ1) is 10.1. The third kappa shape index (κ3) is 4.81. The van der Waals surface area contributed by atoms with Crippen molar-refractivity contribution in [1.29, 1.82) is 0 Å². The van der Waals surface area contributed by atoms with Gasteiger partial charge in [0, 0.05) is 25.7 Å². The highest BCUT2D eigenvalue weighted by atomic mass is 32.2.